The molecule has 0 saturated carbocycles. The molecule has 4 rings (SSSR count). The molecule has 0 spiro atoms. The Labute approximate surface area is 165 Å². The van der Waals surface area contributed by atoms with Crippen LogP contribution in [0.25, 0.3) is 11.3 Å². The summed E-state index contributed by atoms with van der Waals surface area (Å²) in [6.45, 7) is 1.50. The van der Waals surface area contributed by atoms with E-state index in [0.717, 1.165) is 5.56 Å². The SMILES string of the molecule is CSc1nnc2c(n1)O[C@@H](c1ccccc1)N(C(C)=O)c1ccc(Cl)cc1-2. The van der Waals surface area contributed by atoms with E-state index in [1.165, 1.54) is 18.7 Å². The van der Waals surface area contributed by atoms with Gasteiger partial charge < -0.3 is 4.74 Å². The van der Waals surface area contributed by atoms with Crippen LogP contribution in [0.4, 0.5) is 5.69 Å². The van der Waals surface area contributed by atoms with Crippen LogP contribution in [0.3, 0.4) is 0 Å². The summed E-state index contributed by atoms with van der Waals surface area (Å²) in [5.41, 5.74) is 2.58. The zero-order valence-corrected chi connectivity index (χ0v) is 16.2. The Morgan fingerprint density at radius 3 is 2.67 bits per heavy atom. The fraction of sp³-hybridized carbons (Fsp3) is 0.158. The molecule has 2 aromatic carbocycles. The molecule has 0 radical (unpaired) electrons. The average molecular weight is 399 g/mol. The number of carbonyl (C=O) groups is 1. The summed E-state index contributed by atoms with van der Waals surface area (Å²) in [5, 5.41) is 9.43. The number of aromatic nitrogens is 3. The Morgan fingerprint density at radius 1 is 1.19 bits per heavy atom. The molecular weight excluding hydrogens is 384 g/mol. The number of amides is 1. The van der Waals surface area contributed by atoms with Crippen LogP contribution < -0.4 is 9.64 Å². The van der Waals surface area contributed by atoms with Crippen LogP contribution in [-0.2, 0) is 4.79 Å². The van der Waals surface area contributed by atoms with Gasteiger partial charge in [-0.05, 0) is 24.5 Å². The van der Waals surface area contributed by atoms with Gasteiger partial charge in [-0.2, -0.15) is 4.98 Å². The van der Waals surface area contributed by atoms with Crippen LogP contribution in [0.5, 0.6) is 5.88 Å². The number of carbonyl (C=O) groups excluding carboxylic acids is 1. The van der Waals surface area contributed by atoms with Crippen LogP contribution in [0.1, 0.15) is 18.7 Å². The number of nitrogens with zero attached hydrogens (tertiary/aromatic N) is 4. The zero-order chi connectivity index (χ0) is 19.0. The molecule has 136 valence electrons. The molecule has 1 amide bonds. The minimum Gasteiger partial charge on any atom is -0.447 e. The van der Waals surface area contributed by atoms with Crippen molar-refractivity contribution in [1.29, 1.82) is 0 Å². The maximum Gasteiger partial charge on any atom is 0.247 e. The lowest BCUT2D eigenvalue weighted by atomic mass is 10.1. The van der Waals surface area contributed by atoms with Gasteiger partial charge in [0.05, 0.1) is 5.69 Å². The average Bonchev–Trinajstić information content (AvgIpc) is 2.82. The first-order valence-electron chi connectivity index (χ1n) is 8.18. The molecule has 0 N–H and O–H groups in total. The van der Waals surface area contributed by atoms with Gasteiger partial charge in [0.15, 0.2) is 5.69 Å². The van der Waals surface area contributed by atoms with Crippen molar-refractivity contribution < 1.29 is 9.53 Å². The highest BCUT2D eigenvalue weighted by Gasteiger charge is 2.34. The number of ether oxygens (including phenoxy) is 1. The van der Waals surface area contributed by atoms with E-state index in [0.29, 0.717) is 33.0 Å². The second-order valence-corrected chi connectivity index (χ2v) is 7.09. The number of halogens is 1. The number of benzene rings is 2. The van der Waals surface area contributed by atoms with Crippen molar-refractivity contribution in [1.82, 2.24) is 15.2 Å². The predicted molar refractivity (Wildman–Crippen MR) is 105 cm³/mol. The Kier molecular flexibility index (Phi) is 4.72. The molecule has 0 bridgehead atoms. The number of hydrogen-bond donors (Lipinski definition) is 0. The molecule has 27 heavy (non-hydrogen) atoms. The molecule has 6 nitrogen and oxygen atoms in total. The lowest BCUT2D eigenvalue weighted by Gasteiger charge is -2.29. The first-order valence-corrected chi connectivity index (χ1v) is 9.79. The molecular formula is C19H15ClN4O2S. The number of thioether (sulfide) groups is 1. The predicted octanol–water partition coefficient (Wildman–Crippen LogP) is 4.36. The summed E-state index contributed by atoms with van der Waals surface area (Å²) < 4.78 is 6.22. The monoisotopic (exact) mass is 398 g/mol. The summed E-state index contributed by atoms with van der Waals surface area (Å²) in [6, 6.07) is 14.8. The molecule has 1 aliphatic rings. The highest BCUT2D eigenvalue weighted by molar-refractivity contribution is 7.98. The van der Waals surface area contributed by atoms with Crippen LogP contribution in [0, 0.1) is 0 Å². The third-order valence-electron chi connectivity index (χ3n) is 4.17. The van der Waals surface area contributed by atoms with Crippen molar-refractivity contribution >= 4 is 35.0 Å². The Morgan fingerprint density at radius 2 is 1.96 bits per heavy atom. The fourth-order valence-corrected chi connectivity index (χ4v) is 3.47. The van der Waals surface area contributed by atoms with Crippen LogP contribution in [-0.4, -0.2) is 27.3 Å². The van der Waals surface area contributed by atoms with Crippen molar-refractivity contribution in [3.63, 3.8) is 0 Å². The standard InChI is InChI=1S/C19H15ClN4O2S/c1-11(25)24-15-9-8-13(20)10-14(15)16-17(21-19(27-2)23-22-16)26-18(24)12-6-4-3-5-7-12/h3-10,18H,1-2H3/t18-/m0/s1. The van der Waals surface area contributed by atoms with Gasteiger partial charge in [-0.25, -0.2) is 0 Å². The molecule has 1 aromatic heterocycles. The van der Waals surface area contributed by atoms with Gasteiger partial charge in [0.2, 0.25) is 23.2 Å². The Balaban J connectivity index is 2.00. The van der Waals surface area contributed by atoms with Crippen molar-refractivity contribution in [2.45, 2.75) is 18.3 Å². The van der Waals surface area contributed by atoms with E-state index in [2.05, 4.69) is 15.2 Å². The largest absolute Gasteiger partial charge is 0.447 e. The smallest absolute Gasteiger partial charge is 0.247 e. The van der Waals surface area contributed by atoms with E-state index >= 15 is 0 Å². The van der Waals surface area contributed by atoms with Gasteiger partial charge >= 0.3 is 0 Å². The first-order chi connectivity index (χ1) is 13.1. The van der Waals surface area contributed by atoms with Gasteiger partial charge in [0.1, 0.15) is 0 Å². The summed E-state index contributed by atoms with van der Waals surface area (Å²) in [5.74, 6) is 0.147. The molecule has 8 heteroatoms. The summed E-state index contributed by atoms with van der Waals surface area (Å²) in [4.78, 5) is 18.7. The molecule has 0 unspecified atom stereocenters. The number of hydrogen-bond acceptors (Lipinski definition) is 6. The van der Waals surface area contributed by atoms with Crippen molar-refractivity contribution in [2.75, 3.05) is 11.2 Å². The highest BCUT2D eigenvalue weighted by atomic mass is 35.5. The fourth-order valence-electron chi connectivity index (χ4n) is 3.00. The Hall–Kier alpha value is -2.64. The summed E-state index contributed by atoms with van der Waals surface area (Å²) in [7, 11) is 0. The van der Waals surface area contributed by atoms with Crippen molar-refractivity contribution in [3.8, 4) is 17.1 Å². The third kappa shape index (κ3) is 3.24. The van der Waals surface area contributed by atoms with Gasteiger partial charge in [-0.15, -0.1) is 10.2 Å². The van der Waals surface area contributed by atoms with Crippen LogP contribution in [0.2, 0.25) is 5.02 Å². The number of rotatable bonds is 2. The van der Waals surface area contributed by atoms with E-state index in [1.54, 1.807) is 23.1 Å². The molecule has 1 atom stereocenters. The minimum absolute atomic E-state index is 0.168. The minimum atomic E-state index is -0.684. The zero-order valence-electron chi connectivity index (χ0n) is 14.6. The van der Waals surface area contributed by atoms with Gasteiger partial charge in [0.25, 0.3) is 0 Å². The summed E-state index contributed by atoms with van der Waals surface area (Å²) >= 11 is 7.58. The maximum absolute atomic E-state index is 12.6. The maximum atomic E-state index is 12.6. The molecule has 0 saturated heterocycles. The van der Waals surface area contributed by atoms with Crippen LogP contribution >= 0.6 is 23.4 Å². The summed E-state index contributed by atoms with van der Waals surface area (Å²) in [6.07, 6.45) is 1.18. The van der Waals surface area contributed by atoms with E-state index in [1.807, 2.05) is 36.6 Å². The second kappa shape index (κ2) is 7.17. The van der Waals surface area contributed by atoms with Crippen LogP contribution in [0.15, 0.2) is 53.7 Å². The van der Waals surface area contributed by atoms with E-state index in [-0.39, 0.29) is 5.91 Å². The quantitative estimate of drug-likeness (QED) is 0.597. The van der Waals surface area contributed by atoms with E-state index in [4.69, 9.17) is 16.3 Å². The highest BCUT2D eigenvalue weighted by Crippen LogP contribution is 2.44. The normalized spacial score (nSPS) is 15.4. The first kappa shape index (κ1) is 17.8. The lowest BCUT2D eigenvalue weighted by molar-refractivity contribution is -0.118. The van der Waals surface area contributed by atoms with Crippen molar-refractivity contribution in [2.24, 2.45) is 0 Å². The molecule has 3 aromatic rings. The number of anilines is 1. The van der Waals surface area contributed by atoms with Gasteiger partial charge in [-0.1, -0.05) is 53.7 Å². The lowest BCUT2D eigenvalue weighted by Crippen LogP contribution is -2.36. The second-order valence-electron chi connectivity index (χ2n) is 5.88. The number of fused-ring (bicyclic) bond motifs is 3. The van der Waals surface area contributed by atoms with Gasteiger partial charge in [0, 0.05) is 23.1 Å². The molecule has 0 aliphatic carbocycles. The van der Waals surface area contributed by atoms with E-state index in [9.17, 15) is 4.79 Å². The molecule has 1 aliphatic heterocycles. The third-order valence-corrected chi connectivity index (χ3v) is 4.95. The molecule has 2 heterocycles. The molecule has 0 fully saturated rings. The Bertz CT molecular complexity index is 1020. The topological polar surface area (TPSA) is 68.2 Å². The van der Waals surface area contributed by atoms with Crippen molar-refractivity contribution in [3.05, 3.63) is 59.1 Å². The van der Waals surface area contributed by atoms with E-state index < -0.39 is 6.23 Å². The van der Waals surface area contributed by atoms with Gasteiger partial charge in [-0.3, -0.25) is 9.69 Å².